The van der Waals surface area contributed by atoms with Crippen LogP contribution in [0.1, 0.15) is 38.2 Å². The van der Waals surface area contributed by atoms with Crippen molar-refractivity contribution in [3.05, 3.63) is 47.1 Å². The molecule has 0 radical (unpaired) electrons. The molecule has 1 saturated carbocycles. The molecule has 1 fully saturated rings. The lowest BCUT2D eigenvalue weighted by Gasteiger charge is -2.33. The Morgan fingerprint density at radius 3 is 2.52 bits per heavy atom. The van der Waals surface area contributed by atoms with Crippen LogP contribution in [0, 0.1) is 11.3 Å². The third kappa shape index (κ3) is 4.66. The predicted molar refractivity (Wildman–Crippen MR) is 103 cm³/mol. The molecule has 3 rings (SSSR count). The first kappa shape index (κ1) is 19.8. The van der Waals surface area contributed by atoms with Crippen LogP contribution < -0.4 is 4.72 Å². The van der Waals surface area contributed by atoms with Crippen LogP contribution >= 0.6 is 11.6 Å². The van der Waals surface area contributed by atoms with E-state index in [-0.39, 0.29) is 10.9 Å². The number of halogens is 1. The summed E-state index contributed by atoms with van der Waals surface area (Å²) in [4.78, 5) is 4.32. The first-order valence-corrected chi connectivity index (χ1v) is 10.5. The molecule has 2 aromatic rings. The molecule has 6 nitrogen and oxygen atoms in total. The molecule has 0 unspecified atom stereocenters. The van der Waals surface area contributed by atoms with E-state index in [9.17, 15) is 18.8 Å². The Morgan fingerprint density at radius 1 is 1.30 bits per heavy atom. The van der Waals surface area contributed by atoms with Crippen LogP contribution in [0.3, 0.4) is 0 Å². The predicted octanol–water partition coefficient (Wildman–Crippen LogP) is 3.25. The number of sulfonamides is 1. The van der Waals surface area contributed by atoms with E-state index in [0.29, 0.717) is 47.5 Å². The minimum absolute atomic E-state index is 0.149. The first-order valence-electron chi connectivity index (χ1n) is 8.61. The molecule has 142 valence electrons. The molecular formula is C19H20ClN3O3S. The molecule has 8 heteroatoms. The highest BCUT2D eigenvalue weighted by Crippen LogP contribution is 2.29. The van der Waals surface area contributed by atoms with Crippen LogP contribution in [0.15, 0.2) is 41.4 Å². The van der Waals surface area contributed by atoms with Gasteiger partial charge in [0.1, 0.15) is 6.07 Å². The molecule has 1 heterocycles. The van der Waals surface area contributed by atoms with Gasteiger partial charge in [0.15, 0.2) is 0 Å². The summed E-state index contributed by atoms with van der Waals surface area (Å²) in [6.07, 6.45) is 3.79. The molecule has 0 amide bonds. The average molecular weight is 406 g/mol. The highest BCUT2D eigenvalue weighted by molar-refractivity contribution is 7.89. The molecule has 0 bridgehead atoms. The lowest BCUT2D eigenvalue weighted by atomic mass is 9.84. The molecular weight excluding hydrogens is 386 g/mol. The summed E-state index contributed by atoms with van der Waals surface area (Å²) in [6.45, 7) is 1.77. The minimum Gasteiger partial charge on any atom is -0.390 e. The van der Waals surface area contributed by atoms with Gasteiger partial charge in [-0.05, 0) is 50.8 Å². The van der Waals surface area contributed by atoms with Gasteiger partial charge in [-0.25, -0.2) is 13.1 Å². The summed E-state index contributed by atoms with van der Waals surface area (Å²) in [5.74, 6) is 0. The van der Waals surface area contributed by atoms with E-state index in [4.69, 9.17) is 11.6 Å². The number of hydrogen-bond acceptors (Lipinski definition) is 5. The van der Waals surface area contributed by atoms with Crippen molar-refractivity contribution in [1.82, 2.24) is 9.71 Å². The monoisotopic (exact) mass is 405 g/mol. The Morgan fingerprint density at radius 2 is 1.93 bits per heavy atom. The van der Waals surface area contributed by atoms with E-state index in [1.807, 2.05) is 6.07 Å². The van der Waals surface area contributed by atoms with Gasteiger partial charge in [-0.15, -0.1) is 0 Å². The molecule has 1 aliphatic carbocycles. The van der Waals surface area contributed by atoms with Gasteiger partial charge in [-0.3, -0.25) is 4.98 Å². The van der Waals surface area contributed by atoms with E-state index in [1.165, 1.54) is 24.4 Å². The third-order valence-electron chi connectivity index (χ3n) is 4.80. The summed E-state index contributed by atoms with van der Waals surface area (Å²) in [5, 5.41) is 19.6. The van der Waals surface area contributed by atoms with E-state index in [0.717, 1.165) is 0 Å². The van der Waals surface area contributed by atoms with Crippen molar-refractivity contribution in [2.24, 2.45) is 0 Å². The Hall–Kier alpha value is -1.98. The second-order valence-electron chi connectivity index (χ2n) is 7.08. The Labute approximate surface area is 163 Å². The molecule has 1 aromatic heterocycles. The standard InChI is InChI=1S/C19H20ClN3O3S/c1-19(24)8-6-16(7-9-19)23-27(25,26)17-4-2-13(3-5-17)18-14(11-21)10-15(20)12-22-18/h2-5,10,12,16,23-24H,6-9H2,1H3. The Bertz CT molecular complexity index is 972. The van der Waals surface area contributed by atoms with Crippen molar-refractivity contribution in [2.45, 2.75) is 49.1 Å². The number of benzene rings is 1. The van der Waals surface area contributed by atoms with Crippen molar-refractivity contribution in [3.8, 4) is 17.3 Å². The number of pyridine rings is 1. The first-order chi connectivity index (χ1) is 12.7. The second-order valence-corrected chi connectivity index (χ2v) is 9.23. The fourth-order valence-corrected chi connectivity index (χ4v) is 4.65. The SMILES string of the molecule is CC1(O)CCC(NS(=O)(=O)c2ccc(-c3ncc(Cl)cc3C#N)cc2)CC1. The summed E-state index contributed by atoms with van der Waals surface area (Å²) in [5.41, 5.74) is 0.697. The number of nitrogens with one attached hydrogen (secondary N) is 1. The highest BCUT2D eigenvalue weighted by Gasteiger charge is 2.31. The number of nitrogens with zero attached hydrogens (tertiary/aromatic N) is 2. The zero-order valence-electron chi connectivity index (χ0n) is 14.8. The Kier molecular flexibility index (Phi) is 5.54. The largest absolute Gasteiger partial charge is 0.390 e. The zero-order valence-corrected chi connectivity index (χ0v) is 16.4. The van der Waals surface area contributed by atoms with Crippen molar-refractivity contribution >= 4 is 21.6 Å². The van der Waals surface area contributed by atoms with Crippen LogP contribution in [-0.4, -0.2) is 30.2 Å². The fraction of sp³-hybridized carbons (Fsp3) is 0.368. The molecule has 0 spiro atoms. The lowest BCUT2D eigenvalue weighted by Crippen LogP contribution is -2.42. The number of hydrogen-bond donors (Lipinski definition) is 2. The average Bonchev–Trinajstić information content (AvgIpc) is 2.63. The van der Waals surface area contributed by atoms with Gasteiger partial charge in [-0.2, -0.15) is 5.26 Å². The van der Waals surface area contributed by atoms with Crippen LogP contribution in [-0.2, 0) is 10.0 Å². The second kappa shape index (κ2) is 7.56. The summed E-state index contributed by atoms with van der Waals surface area (Å²) >= 11 is 5.86. The molecule has 1 aromatic carbocycles. The maximum Gasteiger partial charge on any atom is 0.240 e. The van der Waals surface area contributed by atoms with Gasteiger partial charge in [0, 0.05) is 17.8 Å². The quantitative estimate of drug-likeness (QED) is 0.812. The summed E-state index contributed by atoms with van der Waals surface area (Å²) in [6, 6.07) is 9.62. The van der Waals surface area contributed by atoms with Gasteiger partial charge in [0.25, 0.3) is 0 Å². The van der Waals surface area contributed by atoms with E-state index in [2.05, 4.69) is 9.71 Å². The summed E-state index contributed by atoms with van der Waals surface area (Å²) < 4.78 is 28.0. The van der Waals surface area contributed by atoms with Crippen LogP contribution in [0.25, 0.3) is 11.3 Å². The molecule has 0 atom stereocenters. The van der Waals surface area contributed by atoms with Crippen molar-refractivity contribution in [2.75, 3.05) is 0 Å². The zero-order chi connectivity index (χ0) is 19.7. The maximum atomic E-state index is 12.6. The van der Waals surface area contributed by atoms with Gasteiger partial charge in [-0.1, -0.05) is 23.7 Å². The number of nitriles is 1. The number of aliphatic hydroxyl groups is 1. The number of aromatic nitrogens is 1. The fourth-order valence-electron chi connectivity index (χ4n) is 3.19. The molecule has 2 N–H and O–H groups in total. The summed E-state index contributed by atoms with van der Waals surface area (Å²) in [7, 11) is -3.66. The van der Waals surface area contributed by atoms with Crippen molar-refractivity contribution in [1.29, 1.82) is 5.26 Å². The van der Waals surface area contributed by atoms with Gasteiger partial charge in [0.05, 0.1) is 26.8 Å². The van der Waals surface area contributed by atoms with E-state index in [1.54, 1.807) is 19.1 Å². The van der Waals surface area contributed by atoms with Crippen LogP contribution in [0.2, 0.25) is 5.02 Å². The lowest BCUT2D eigenvalue weighted by molar-refractivity contribution is 0.0163. The van der Waals surface area contributed by atoms with Gasteiger partial charge < -0.3 is 5.11 Å². The van der Waals surface area contributed by atoms with Gasteiger partial charge in [0.2, 0.25) is 10.0 Å². The highest BCUT2D eigenvalue weighted by atomic mass is 35.5. The maximum absolute atomic E-state index is 12.6. The number of rotatable bonds is 4. The smallest absolute Gasteiger partial charge is 0.240 e. The molecule has 0 saturated heterocycles. The minimum atomic E-state index is -3.66. The van der Waals surface area contributed by atoms with Crippen molar-refractivity contribution in [3.63, 3.8) is 0 Å². The van der Waals surface area contributed by atoms with Crippen LogP contribution in [0.4, 0.5) is 0 Å². The molecule has 27 heavy (non-hydrogen) atoms. The Balaban J connectivity index is 1.78. The van der Waals surface area contributed by atoms with E-state index >= 15 is 0 Å². The topological polar surface area (TPSA) is 103 Å². The third-order valence-corrected chi connectivity index (χ3v) is 6.54. The van der Waals surface area contributed by atoms with Crippen LogP contribution in [0.5, 0.6) is 0 Å². The molecule has 1 aliphatic rings. The molecule has 0 aliphatic heterocycles. The normalized spacial score (nSPS) is 23.0. The van der Waals surface area contributed by atoms with Crippen molar-refractivity contribution < 1.29 is 13.5 Å². The van der Waals surface area contributed by atoms with E-state index < -0.39 is 15.6 Å². The van der Waals surface area contributed by atoms with Gasteiger partial charge >= 0.3 is 0 Å².